The molecule has 1 heterocycles. The Kier molecular flexibility index (Phi) is 4.83. The van der Waals surface area contributed by atoms with Crippen LogP contribution in [-0.4, -0.2) is 30.0 Å². The molecule has 1 aromatic heterocycles. The summed E-state index contributed by atoms with van der Waals surface area (Å²) in [7, 11) is 3.20. The topological polar surface area (TPSA) is 52.8 Å². The number of ether oxygens (including phenoxy) is 1. The summed E-state index contributed by atoms with van der Waals surface area (Å²) in [6.45, 7) is 3.58. The quantitative estimate of drug-likeness (QED) is 0.365. The van der Waals surface area contributed by atoms with Gasteiger partial charge in [0.1, 0.15) is 0 Å². The number of thiazole rings is 1. The van der Waals surface area contributed by atoms with Gasteiger partial charge in [0.15, 0.2) is 3.95 Å². The average Bonchev–Trinajstić information content (AvgIpc) is 2.56. The van der Waals surface area contributed by atoms with Crippen molar-refractivity contribution in [2.24, 2.45) is 12.2 Å². The third-order valence-electron chi connectivity index (χ3n) is 2.24. The van der Waals surface area contributed by atoms with Gasteiger partial charge in [-0.2, -0.15) is 0 Å². The summed E-state index contributed by atoms with van der Waals surface area (Å²) in [4.78, 5) is 16.7. The van der Waals surface area contributed by atoms with Gasteiger partial charge in [-0.05, 0) is 26.1 Å². The van der Waals surface area contributed by atoms with Crippen molar-refractivity contribution >= 4 is 35.2 Å². The fourth-order valence-corrected chi connectivity index (χ4v) is 2.44. The number of nitrogens with zero attached hydrogens (tertiary/aromatic N) is 2. The number of hydrogen-bond acceptors (Lipinski definition) is 6. The summed E-state index contributed by atoms with van der Waals surface area (Å²) >= 11 is 6.63. The lowest BCUT2D eigenvalue weighted by molar-refractivity contribution is -0.145. The molecule has 0 aliphatic rings. The Morgan fingerprint density at radius 3 is 2.71 bits per heavy atom. The highest BCUT2D eigenvalue weighted by atomic mass is 32.1. The third-order valence-corrected chi connectivity index (χ3v) is 4.00. The maximum Gasteiger partial charge on any atom is 0.346 e. The second-order valence-electron chi connectivity index (χ2n) is 3.37. The summed E-state index contributed by atoms with van der Waals surface area (Å²) in [5, 5.41) is 3.86. The molecule has 7 heteroatoms. The lowest BCUT2D eigenvalue weighted by Crippen LogP contribution is -2.08. The first kappa shape index (κ1) is 13.9. The Morgan fingerprint density at radius 2 is 2.24 bits per heavy atom. The fourth-order valence-electron chi connectivity index (χ4n) is 1.14. The van der Waals surface area contributed by atoms with Crippen LogP contribution < -0.4 is 0 Å². The van der Waals surface area contributed by atoms with E-state index in [2.05, 4.69) is 9.89 Å². The average molecular weight is 274 g/mol. The van der Waals surface area contributed by atoms with Crippen molar-refractivity contribution in [1.82, 2.24) is 4.57 Å². The smallest absolute Gasteiger partial charge is 0.346 e. The van der Waals surface area contributed by atoms with E-state index in [1.54, 1.807) is 0 Å². The standard InChI is InChI=1S/C10H14N2O3S2/c1-6(11-15-5-8(13)14-4)9-7(2)12(3)10(16)17-9/h5H2,1-4H3/b11-6+. The second-order valence-corrected chi connectivity index (χ2v) is 5.01. The Hall–Kier alpha value is -1.21. The first-order valence-electron chi connectivity index (χ1n) is 4.87. The summed E-state index contributed by atoms with van der Waals surface area (Å²) < 4.78 is 7.12. The van der Waals surface area contributed by atoms with Crippen molar-refractivity contribution in [2.45, 2.75) is 13.8 Å². The molecule has 0 amide bonds. The highest BCUT2D eigenvalue weighted by molar-refractivity contribution is 7.73. The second kappa shape index (κ2) is 5.92. The van der Waals surface area contributed by atoms with Gasteiger partial charge in [-0.15, -0.1) is 11.3 Å². The zero-order valence-corrected chi connectivity index (χ0v) is 11.8. The van der Waals surface area contributed by atoms with Crippen LogP contribution in [0.3, 0.4) is 0 Å². The van der Waals surface area contributed by atoms with Gasteiger partial charge in [0.2, 0.25) is 6.61 Å². The molecule has 0 fully saturated rings. The minimum Gasteiger partial charge on any atom is -0.466 e. The molecule has 0 spiro atoms. The molecular formula is C10H14N2O3S2. The number of methoxy groups -OCH3 is 1. The predicted molar refractivity (Wildman–Crippen MR) is 69.0 cm³/mol. The van der Waals surface area contributed by atoms with Crippen LogP contribution in [0.1, 0.15) is 17.5 Å². The molecule has 0 N–H and O–H groups in total. The molecule has 1 aromatic rings. The van der Waals surface area contributed by atoms with E-state index in [0.29, 0.717) is 5.71 Å². The number of hydrogen-bond donors (Lipinski definition) is 0. The Balaban J connectivity index is 2.78. The van der Waals surface area contributed by atoms with Gasteiger partial charge < -0.3 is 14.1 Å². The van der Waals surface area contributed by atoms with E-state index in [1.165, 1.54) is 18.4 Å². The highest BCUT2D eigenvalue weighted by Crippen LogP contribution is 2.18. The zero-order valence-electron chi connectivity index (χ0n) is 10.1. The molecule has 0 bridgehead atoms. The van der Waals surface area contributed by atoms with E-state index in [0.717, 1.165) is 14.5 Å². The van der Waals surface area contributed by atoms with E-state index in [-0.39, 0.29) is 6.61 Å². The number of esters is 1. The number of carbonyl (C=O) groups excluding carboxylic acids is 1. The van der Waals surface area contributed by atoms with Gasteiger partial charge in [0, 0.05) is 12.7 Å². The van der Waals surface area contributed by atoms with E-state index < -0.39 is 5.97 Å². The number of rotatable bonds is 4. The van der Waals surface area contributed by atoms with Gasteiger partial charge in [0.25, 0.3) is 0 Å². The minimum absolute atomic E-state index is 0.189. The Bertz CT molecular complexity index is 502. The van der Waals surface area contributed by atoms with Gasteiger partial charge in [-0.3, -0.25) is 0 Å². The van der Waals surface area contributed by atoms with Crippen molar-refractivity contribution in [3.63, 3.8) is 0 Å². The highest BCUT2D eigenvalue weighted by Gasteiger charge is 2.09. The van der Waals surface area contributed by atoms with E-state index in [4.69, 9.17) is 17.1 Å². The molecule has 0 aliphatic heterocycles. The number of oxime groups is 1. The van der Waals surface area contributed by atoms with Crippen LogP contribution in [0.15, 0.2) is 5.16 Å². The van der Waals surface area contributed by atoms with Crippen LogP contribution >= 0.6 is 23.6 Å². The molecule has 1 rings (SSSR count). The van der Waals surface area contributed by atoms with Gasteiger partial charge in [-0.25, -0.2) is 4.79 Å². The Labute approximate surface area is 109 Å². The predicted octanol–water partition coefficient (Wildman–Crippen LogP) is 2.04. The van der Waals surface area contributed by atoms with Crippen LogP contribution in [0.2, 0.25) is 0 Å². The molecule has 0 aliphatic carbocycles. The fraction of sp³-hybridized carbons (Fsp3) is 0.500. The molecule has 0 saturated carbocycles. The summed E-state index contributed by atoms with van der Waals surface area (Å²) in [6, 6.07) is 0. The lowest BCUT2D eigenvalue weighted by atomic mass is 10.3. The van der Waals surface area contributed by atoms with Crippen molar-refractivity contribution in [3.05, 3.63) is 14.5 Å². The van der Waals surface area contributed by atoms with Crippen molar-refractivity contribution < 1.29 is 14.4 Å². The third kappa shape index (κ3) is 3.37. The van der Waals surface area contributed by atoms with Gasteiger partial charge >= 0.3 is 5.97 Å². The summed E-state index contributed by atoms with van der Waals surface area (Å²) in [6.07, 6.45) is 0. The molecule has 0 atom stereocenters. The first-order chi connectivity index (χ1) is 7.97. The van der Waals surface area contributed by atoms with Crippen LogP contribution in [0.5, 0.6) is 0 Å². The number of carbonyl (C=O) groups is 1. The van der Waals surface area contributed by atoms with Crippen LogP contribution in [0.25, 0.3) is 0 Å². The summed E-state index contributed by atoms with van der Waals surface area (Å²) in [5.74, 6) is -0.459. The minimum atomic E-state index is -0.459. The molecule has 0 saturated heterocycles. The molecule has 94 valence electrons. The van der Waals surface area contributed by atoms with Gasteiger partial charge in [-0.1, -0.05) is 5.16 Å². The van der Waals surface area contributed by atoms with Crippen LogP contribution in [-0.2, 0) is 21.4 Å². The van der Waals surface area contributed by atoms with E-state index in [9.17, 15) is 4.79 Å². The maximum atomic E-state index is 10.8. The first-order valence-corrected chi connectivity index (χ1v) is 6.10. The SMILES string of the molecule is COC(=O)CO/N=C(\C)c1sc(=S)n(C)c1C. The molecular weight excluding hydrogens is 260 g/mol. The number of aromatic nitrogens is 1. The normalized spacial score (nSPS) is 11.4. The molecule has 0 aromatic carbocycles. The molecule has 17 heavy (non-hydrogen) atoms. The lowest BCUT2D eigenvalue weighted by Gasteiger charge is -2.01. The Morgan fingerprint density at radius 1 is 1.59 bits per heavy atom. The zero-order chi connectivity index (χ0) is 13.0. The molecule has 0 unspecified atom stereocenters. The van der Waals surface area contributed by atoms with Gasteiger partial charge in [0.05, 0.1) is 17.7 Å². The van der Waals surface area contributed by atoms with Crippen molar-refractivity contribution in [1.29, 1.82) is 0 Å². The van der Waals surface area contributed by atoms with Crippen molar-refractivity contribution in [2.75, 3.05) is 13.7 Å². The maximum absolute atomic E-state index is 10.8. The van der Waals surface area contributed by atoms with Crippen molar-refractivity contribution in [3.8, 4) is 0 Å². The molecule has 0 radical (unpaired) electrons. The monoisotopic (exact) mass is 274 g/mol. The molecule has 5 nitrogen and oxygen atoms in total. The van der Waals surface area contributed by atoms with E-state index in [1.807, 2.05) is 25.5 Å². The summed E-state index contributed by atoms with van der Waals surface area (Å²) in [5.41, 5.74) is 1.73. The van der Waals surface area contributed by atoms with Crippen LogP contribution in [0, 0.1) is 10.9 Å². The largest absolute Gasteiger partial charge is 0.466 e. The van der Waals surface area contributed by atoms with E-state index >= 15 is 0 Å². The van der Waals surface area contributed by atoms with Crippen LogP contribution in [0.4, 0.5) is 0 Å².